The van der Waals surface area contributed by atoms with E-state index in [1.165, 1.54) is 0 Å². The molecule has 35 heavy (non-hydrogen) atoms. The first-order valence-corrected chi connectivity index (χ1v) is 11.3. The summed E-state index contributed by atoms with van der Waals surface area (Å²) >= 11 is 0. The lowest BCUT2D eigenvalue weighted by Crippen LogP contribution is -2.39. The third kappa shape index (κ3) is 4.46. The maximum atomic E-state index is 12.9. The number of carbonyl (C=O) groups is 2. The van der Waals surface area contributed by atoms with Gasteiger partial charge < -0.3 is 10.4 Å². The van der Waals surface area contributed by atoms with Crippen molar-refractivity contribution in [2.24, 2.45) is 4.99 Å². The quantitative estimate of drug-likeness (QED) is 0.404. The average Bonchev–Trinajstić information content (AvgIpc) is 3.29. The standard InChI is InChI=1S/C29H23N3O3/c33-27(25-16-8-9-17-30-25)31-24-15-7-6-14-23(24)26(20-10-2-1-3-11-20)32-29(28(34)35)18-21-12-4-5-13-22(21)19-29/h1-17H,18-19H2,(H,31,33)(H,34,35). The fourth-order valence-corrected chi connectivity index (χ4v) is 4.45. The van der Waals surface area contributed by atoms with Crippen LogP contribution in [-0.2, 0) is 17.6 Å². The minimum Gasteiger partial charge on any atom is -0.479 e. The number of hydrogen-bond acceptors (Lipinski definition) is 4. The smallest absolute Gasteiger partial charge is 0.332 e. The minimum absolute atomic E-state index is 0.286. The van der Waals surface area contributed by atoms with Crippen LogP contribution in [0.15, 0.2) is 108 Å². The molecule has 0 bridgehead atoms. The number of carboxylic acid groups (broad SMARTS) is 1. The number of rotatable bonds is 6. The largest absolute Gasteiger partial charge is 0.479 e. The second kappa shape index (κ2) is 9.35. The van der Waals surface area contributed by atoms with Crippen LogP contribution in [0.5, 0.6) is 0 Å². The molecule has 4 aromatic rings. The van der Waals surface area contributed by atoms with Crippen molar-refractivity contribution >= 4 is 23.3 Å². The maximum Gasteiger partial charge on any atom is 0.332 e. The highest BCUT2D eigenvalue weighted by Crippen LogP contribution is 2.35. The van der Waals surface area contributed by atoms with Gasteiger partial charge in [-0.15, -0.1) is 0 Å². The van der Waals surface area contributed by atoms with Crippen molar-refractivity contribution in [2.45, 2.75) is 18.4 Å². The molecule has 0 spiro atoms. The van der Waals surface area contributed by atoms with E-state index in [4.69, 9.17) is 4.99 Å². The number of aliphatic imine (C=N–C) groups is 1. The van der Waals surface area contributed by atoms with Crippen molar-refractivity contribution in [1.82, 2.24) is 4.98 Å². The van der Waals surface area contributed by atoms with Crippen molar-refractivity contribution in [2.75, 3.05) is 5.32 Å². The third-order valence-corrected chi connectivity index (χ3v) is 6.18. The second-order valence-corrected chi connectivity index (χ2v) is 8.50. The normalized spacial score (nSPS) is 14.2. The Bertz CT molecular complexity index is 1390. The predicted octanol–water partition coefficient (Wildman–Crippen LogP) is 4.79. The summed E-state index contributed by atoms with van der Waals surface area (Å²) in [7, 11) is 0. The summed E-state index contributed by atoms with van der Waals surface area (Å²) in [5.74, 6) is -1.33. The van der Waals surface area contributed by atoms with Gasteiger partial charge in [-0.25, -0.2) is 4.79 Å². The molecule has 5 rings (SSSR count). The van der Waals surface area contributed by atoms with Gasteiger partial charge in [0.15, 0.2) is 5.54 Å². The number of carbonyl (C=O) groups excluding carboxylic acids is 1. The summed E-state index contributed by atoms with van der Waals surface area (Å²) in [5.41, 5.74) is 3.37. The Kier molecular flexibility index (Phi) is 5.94. The molecular weight excluding hydrogens is 438 g/mol. The number of aliphatic carboxylic acids is 1. The fraction of sp³-hybridized carbons (Fsp3) is 0.103. The van der Waals surface area contributed by atoms with Gasteiger partial charge in [-0.1, -0.05) is 78.9 Å². The van der Waals surface area contributed by atoms with E-state index in [1.54, 1.807) is 30.5 Å². The number of benzene rings is 3. The summed E-state index contributed by atoms with van der Waals surface area (Å²) in [4.78, 5) is 34.6. The minimum atomic E-state index is -1.34. The van der Waals surface area contributed by atoms with Crippen LogP contribution in [0.3, 0.4) is 0 Å². The molecule has 0 aliphatic heterocycles. The molecule has 1 amide bonds. The molecule has 1 heterocycles. The Morgan fingerprint density at radius 3 is 2.09 bits per heavy atom. The first kappa shape index (κ1) is 22.2. The number of anilines is 1. The number of amides is 1. The van der Waals surface area contributed by atoms with E-state index in [0.717, 1.165) is 16.7 Å². The van der Waals surface area contributed by atoms with Gasteiger partial charge in [0.25, 0.3) is 5.91 Å². The monoisotopic (exact) mass is 461 g/mol. The van der Waals surface area contributed by atoms with Gasteiger partial charge in [-0.3, -0.25) is 14.8 Å². The average molecular weight is 462 g/mol. The number of fused-ring (bicyclic) bond motifs is 1. The van der Waals surface area contributed by atoms with Crippen LogP contribution in [-0.4, -0.2) is 33.2 Å². The van der Waals surface area contributed by atoms with Crippen LogP contribution in [0, 0.1) is 0 Å². The van der Waals surface area contributed by atoms with Crippen molar-refractivity contribution < 1.29 is 14.7 Å². The van der Waals surface area contributed by atoms with Crippen LogP contribution in [0.4, 0.5) is 5.69 Å². The van der Waals surface area contributed by atoms with E-state index in [0.29, 0.717) is 29.8 Å². The van der Waals surface area contributed by atoms with Gasteiger partial charge in [0.1, 0.15) is 5.69 Å². The Hall–Kier alpha value is -4.58. The van der Waals surface area contributed by atoms with Crippen molar-refractivity contribution in [1.29, 1.82) is 0 Å². The first-order chi connectivity index (χ1) is 17.1. The summed E-state index contributed by atoms with van der Waals surface area (Å²) in [5, 5.41) is 13.3. The first-order valence-electron chi connectivity index (χ1n) is 11.3. The van der Waals surface area contributed by atoms with Crippen LogP contribution >= 0.6 is 0 Å². The van der Waals surface area contributed by atoms with E-state index in [9.17, 15) is 14.7 Å². The Morgan fingerprint density at radius 1 is 0.800 bits per heavy atom. The molecular formula is C29H23N3O3. The lowest BCUT2D eigenvalue weighted by Gasteiger charge is -2.23. The molecule has 172 valence electrons. The zero-order chi connectivity index (χ0) is 24.3. The molecule has 0 unspecified atom stereocenters. The van der Waals surface area contributed by atoms with Gasteiger partial charge in [0, 0.05) is 30.2 Å². The zero-order valence-electron chi connectivity index (χ0n) is 18.9. The Labute approximate surface area is 203 Å². The van der Waals surface area contributed by atoms with Gasteiger partial charge in [-0.05, 0) is 29.3 Å². The lowest BCUT2D eigenvalue weighted by molar-refractivity contribution is -0.142. The molecule has 6 heteroatoms. The summed E-state index contributed by atoms with van der Waals surface area (Å²) in [6.45, 7) is 0. The molecule has 2 N–H and O–H groups in total. The number of pyridine rings is 1. The third-order valence-electron chi connectivity index (χ3n) is 6.18. The number of hydrogen-bond donors (Lipinski definition) is 2. The lowest BCUT2D eigenvalue weighted by atomic mass is 9.93. The Morgan fingerprint density at radius 2 is 1.43 bits per heavy atom. The Balaban J connectivity index is 1.63. The second-order valence-electron chi connectivity index (χ2n) is 8.50. The SMILES string of the molecule is O=C(Nc1ccccc1C(=NC1(C(=O)O)Cc2ccccc2C1)c1ccccc1)c1ccccn1. The van der Waals surface area contributed by atoms with E-state index < -0.39 is 11.5 Å². The molecule has 1 aliphatic carbocycles. The molecule has 3 aromatic carbocycles. The van der Waals surface area contributed by atoms with Gasteiger partial charge in [0.2, 0.25) is 0 Å². The molecule has 0 saturated heterocycles. The molecule has 0 atom stereocenters. The van der Waals surface area contributed by atoms with Crippen LogP contribution in [0.2, 0.25) is 0 Å². The van der Waals surface area contributed by atoms with Crippen molar-refractivity contribution in [3.05, 3.63) is 131 Å². The molecule has 1 aliphatic rings. The molecule has 0 saturated carbocycles. The highest BCUT2D eigenvalue weighted by Gasteiger charge is 2.44. The summed E-state index contributed by atoms with van der Waals surface area (Å²) < 4.78 is 0. The van der Waals surface area contributed by atoms with Crippen molar-refractivity contribution in [3.8, 4) is 0 Å². The molecule has 0 radical (unpaired) electrons. The summed E-state index contributed by atoms with van der Waals surface area (Å²) in [6, 6.07) is 29.6. The van der Waals surface area contributed by atoms with Crippen LogP contribution in [0.1, 0.15) is 32.7 Å². The van der Waals surface area contributed by atoms with E-state index in [1.807, 2.05) is 72.8 Å². The number of para-hydroxylation sites is 1. The highest BCUT2D eigenvalue weighted by atomic mass is 16.4. The fourth-order valence-electron chi connectivity index (χ4n) is 4.45. The number of nitrogens with one attached hydrogen (secondary N) is 1. The maximum absolute atomic E-state index is 12.9. The van der Waals surface area contributed by atoms with Crippen molar-refractivity contribution in [3.63, 3.8) is 0 Å². The zero-order valence-corrected chi connectivity index (χ0v) is 18.9. The van der Waals surface area contributed by atoms with Crippen LogP contribution < -0.4 is 5.32 Å². The van der Waals surface area contributed by atoms with E-state index >= 15 is 0 Å². The summed E-state index contributed by atoms with van der Waals surface area (Å²) in [6.07, 6.45) is 2.17. The van der Waals surface area contributed by atoms with E-state index in [2.05, 4.69) is 10.3 Å². The van der Waals surface area contributed by atoms with Crippen LogP contribution in [0.25, 0.3) is 0 Å². The van der Waals surface area contributed by atoms with E-state index in [-0.39, 0.29) is 11.6 Å². The topological polar surface area (TPSA) is 91.7 Å². The molecule has 1 aromatic heterocycles. The predicted molar refractivity (Wildman–Crippen MR) is 135 cm³/mol. The van der Waals surface area contributed by atoms with Gasteiger partial charge in [-0.2, -0.15) is 0 Å². The molecule has 6 nitrogen and oxygen atoms in total. The van der Waals surface area contributed by atoms with Gasteiger partial charge >= 0.3 is 5.97 Å². The number of aromatic nitrogens is 1. The molecule has 0 fully saturated rings. The number of nitrogens with zero attached hydrogens (tertiary/aromatic N) is 2. The van der Waals surface area contributed by atoms with Gasteiger partial charge in [0.05, 0.1) is 11.4 Å². The highest BCUT2D eigenvalue weighted by molar-refractivity contribution is 6.18. The number of carboxylic acids is 1.